The van der Waals surface area contributed by atoms with Crippen LogP contribution in [0, 0.1) is 0 Å². The monoisotopic (exact) mass is 317 g/mol. The largest absolute Gasteiger partial charge is 0.493 e. The molecule has 1 aliphatic rings. The SMILES string of the molecule is CNCC1CCOc2cc(S(=O)(=O)c3ccccc3)ccc21. The number of benzene rings is 2. The average Bonchev–Trinajstić information content (AvgIpc) is 2.56. The summed E-state index contributed by atoms with van der Waals surface area (Å²) in [6.45, 7) is 1.48. The molecule has 0 radical (unpaired) electrons. The molecule has 1 unspecified atom stereocenters. The summed E-state index contributed by atoms with van der Waals surface area (Å²) in [5.74, 6) is 1.05. The molecule has 0 aromatic heterocycles. The van der Waals surface area contributed by atoms with Crippen molar-refractivity contribution in [1.82, 2.24) is 5.32 Å². The van der Waals surface area contributed by atoms with E-state index in [0.29, 0.717) is 23.2 Å². The lowest BCUT2D eigenvalue weighted by Crippen LogP contribution is -2.23. The molecule has 0 saturated carbocycles. The molecule has 3 rings (SSSR count). The first-order chi connectivity index (χ1) is 10.6. The van der Waals surface area contributed by atoms with Crippen LogP contribution in [0.4, 0.5) is 0 Å². The minimum absolute atomic E-state index is 0.280. The first kappa shape index (κ1) is 15.1. The molecule has 0 saturated heterocycles. The van der Waals surface area contributed by atoms with Gasteiger partial charge in [0, 0.05) is 12.5 Å². The lowest BCUT2D eigenvalue weighted by molar-refractivity contribution is 0.265. The third-order valence-electron chi connectivity index (χ3n) is 3.96. The topological polar surface area (TPSA) is 55.4 Å². The summed E-state index contributed by atoms with van der Waals surface area (Å²) < 4.78 is 31.0. The Hall–Kier alpha value is -1.85. The minimum atomic E-state index is -3.50. The predicted octanol–water partition coefficient (Wildman–Crippen LogP) is 2.60. The van der Waals surface area contributed by atoms with Crippen molar-refractivity contribution in [3.8, 4) is 5.75 Å². The molecule has 2 aromatic rings. The number of sulfone groups is 1. The molecule has 4 nitrogen and oxygen atoms in total. The van der Waals surface area contributed by atoms with Gasteiger partial charge in [-0.3, -0.25) is 0 Å². The van der Waals surface area contributed by atoms with E-state index in [-0.39, 0.29) is 4.90 Å². The van der Waals surface area contributed by atoms with E-state index in [1.165, 1.54) is 0 Å². The van der Waals surface area contributed by atoms with Crippen LogP contribution in [0.3, 0.4) is 0 Å². The third kappa shape index (κ3) is 2.74. The van der Waals surface area contributed by atoms with Crippen LogP contribution in [0.5, 0.6) is 5.75 Å². The highest BCUT2D eigenvalue weighted by atomic mass is 32.2. The molecule has 0 spiro atoms. The summed E-state index contributed by atoms with van der Waals surface area (Å²) in [5.41, 5.74) is 1.08. The first-order valence-electron chi connectivity index (χ1n) is 7.34. The van der Waals surface area contributed by atoms with E-state index in [1.54, 1.807) is 42.5 Å². The van der Waals surface area contributed by atoms with E-state index < -0.39 is 9.84 Å². The molecule has 116 valence electrons. The smallest absolute Gasteiger partial charge is 0.206 e. The molecular weight excluding hydrogens is 298 g/mol. The normalized spacial score (nSPS) is 17.6. The molecule has 1 heterocycles. The van der Waals surface area contributed by atoms with Gasteiger partial charge in [-0.25, -0.2) is 8.42 Å². The van der Waals surface area contributed by atoms with Crippen molar-refractivity contribution in [1.29, 1.82) is 0 Å². The second-order valence-corrected chi connectivity index (χ2v) is 7.36. The van der Waals surface area contributed by atoms with Crippen molar-refractivity contribution in [3.05, 3.63) is 54.1 Å². The number of fused-ring (bicyclic) bond motifs is 1. The van der Waals surface area contributed by atoms with Crippen LogP contribution < -0.4 is 10.1 Å². The number of likely N-dealkylation sites (N-methyl/N-ethyl adjacent to an activating group) is 1. The van der Waals surface area contributed by atoms with Crippen molar-refractivity contribution >= 4 is 9.84 Å². The van der Waals surface area contributed by atoms with Gasteiger partial charge in [0.1, 0.15) is 5.75 Å². The zero-order chi connectivity index (χ0) is 15.6. The van der Waals surface area contributed by atoms with E-state index in [9.17, 15) is 8.42 Å². The van der Waals surface area contributed by atoms with Crippen molar-refractivity contribution in [3.63, 3.8) is 0 Å². The maximum Gasteiger partial charge on any atom is 0.206 e. The summed E-state index contributed by atoms with van der Waals surface area (Å²) in [7, 11) is -1.58. The first-order valence-corrected chi connectivity index (χ1v) is 8.82. The van der Waals surface area contributed by atoms with Gasteiger partial charge in [-0.15, -0.1) is 0 Å². The Morgan fingerprint density at radius 1 is 1.14 bits per heavy atom. The second kappa shape index (κ2) is 6.10. The van der Waals surface area contributed by atoms with E-state index >= 15 is 0 Å². The number of ether oxygens (including phenoxy) is 1. The van der Waals surface area contributed by atoms with Crippen LogP contribution in [-0.4, -0.2) is 28.6 Å². The van der Waals surface area contributed by atoms with Gasteiger partial charge in [0.15, 0.2) is 0 Å². The predicted molar refractivity (Wildman–Crippen MR) is 85.1 cm³/mol. The minimum Gasteiger partial charge on any atom is -0.493 e. The number of hydrogen-bond donors (Lipinski definition) is 1. The highest BCUT2D eigenvalue weighted by Gasteiger charge is 2.24. The Morgan fingerprint density at radius 2 is 1.91 bits per heavy atom. The van der Waals surface area contributed by atoms with Crippen molar-refractivity contribution in [2.45, 2.75) is 22.1 Å². The van der Waals surface area contributed by atoms with Crippen LogP contribution in [0.25, 0.3) is 0 Å². The lowest BCUT2D eigenvalue weighted by Gasteiger charge is -2.26. The zero-order valence-corrected chi connectivity index (χ0v) is 13.3. The van der Waals surface area contributed by atoms with Gasteiger partial charge in [-0.05, 0) is 43.3 Å². The summed E-state index contributed by atoms with van der Waals surface area (Å²) in [6, 6.07) is 13.7. The van der Waals surface area contributed by atoms with Crippen LogP contribution >= 0.6 is 0 Å². The van der Waals surface area contributed by atoms with Crippen LogP contribution in [-0.2, 0) is 9.84 Å². The fraction of sp³-hybridized carbons (Fsp3) is 0.294. The van der Waals surface area contributed by atoms with Gasteiger partial charge >= 0.3 is 0 Å². The highest BCUT2D eigenvalue weighted by Crippen LogP contribution is 2.36. The average molecular weight is 317 g/mol. The number of hydrogen-bond acceptors (Lipinski definition) is 4. The second-order valence-electron chi connectivity index (χ2n) is 5.41. The van der Waals surface area contributed by atoms with Gasteiger partial charge in [-0.1, -0.05) is 24.3 Å². The van der Waals surface area contributed by atoms with E-state index in [4.69, 9.17) is 4.74 Å². The van der Waals surface area contributed by atoms with Crippen LogP contribution in [0.2, 0.25) is 0 Å². The standard InChI is InChI=1S/C17H19NO3S/c1-18-12-13-9-10-21-17-11-15(7-8-16(13)17)22(19,20)14-5-3-2-4-6-14/h2-8,11,13,18H,9-10,12H2,1H3. The van der Waals surface area contributed by atoms with Gasteiger partial charge in [0.2, 0.25) is 9.84 Å². The van der Waals surface area contributed by atoms with Crippen molar-refractivity contribution in [2.75, 3.05) is 20.2 Å². The summed E-state index contributed by atoms with van der Waals surface area (Å²) in [5, 5.41) is 3.18. The molecular formula is C17H19NO3S. The molecule has 0 aliphatic carbocycles. The number of nitrogens with one attached hydrogen (secondary N) is 1. The van der Waals surface area contributed by atoms with Gasteiger partial charge in [0.25, 0.3) is 0 Å². The van der Waals surface area contributed by atoms with E-state index in [2.05, 4.69) is 5.32 Å². The van der Waals surface area contributed by atoms with Crippen molar-refractivity contribution in [2.24, 2.45) is 0 Å². The van der Waals surface area contributed by atoms with E-state index in [1.807, 2.05) is 13.1 Å². The van der Waals surface area contributed by atoms with Crippen molar-refractivity contribution < 1.29 is 13.2 Å². The summed E-state index contributed by atoms with van der Waals surface area (Å²) >= 11 is 0. The van der Waals surface area contributed by atoms with Gasteiger partial charge < -0.3 is 10.1 Å². The Bertz CT molecular complexity index is 757. The molecule has 1 N–H and O–H groups in total. The Balaban J connectivity index is 2.01. The molecule has 0 amide bonds. The molecule has 2 aromatic carbocycles. The fourth-order valence-electron chi connectivity index (χ4n) is 2.80. The Morgan fingerprint density at radius 3 is 2.64 bits per heavy atom. The summed E-state index contributed by atoms with van der Waals surface area (Å²) in [6.07, 6.45) is 0.943. The molecule has 1 atom stereocenters. The third-order valence-corrected chi connectivity index (χ3v) is 5.73. The van der Waals surface area contributed by atoms with Gasteiger partial charge in [-0.2, -0.15) is 0 Å². The van der Waals surface area contributed by atoms with E-state index in [0.717, 1.165) is 18.5 Å². The molecule has 1 aliphatic heterocycles. The molecule has 0 fully saturated rings. The fourth-order valence-corrected chi connectivity index (χ4v) is 4.10. The maximum absolute atomic E-state index is 12.7. The van der Waals surface area contributed by atoms with Gasteiger partial charge in [0.05, 0.1) is 16.4 Å². The Labute approximate surface area is 131 Å². The zero-order valence-electron chi connectivity index (χ0n) is 12.5. The molecule has 22 heavy (non-hydrogen) atoms. The highest BCUT2D eigenvalue weighted by molar-refractivity contribution is 7.91. The summed E-state index contributed by atoms with van der Waals surface area (Å²) in [4.78, 5) is 0.583. The Kier molecular flexibility index (Phi) is 4.18. The number of rotatable bonds is 4. The molecule has 0 bridgehead atoms. The maximum atomic E-state index is 12.7. The lowest BCUT2D eigenvalue weighted by atomic mass is 9.93. The molecule has 5 heteroatoms. The quantitative estimate of drug-likeness (QED) is 0.942. The van der Waals surface area contributed by atoms with Crippen LogP contribution in [0.1, 0.15) is 17.9 Å². The van der Waals surface area contributed by atoms with Crippen LogP contribution in [0.15, 0.2) is 58.3 Å².